The summed E-state index contributed by atoms with van der Waals surface area (Å²) in [6.45, 7) is 4.59. The summed E-state index contributed by atoms with van der Waals surface area (Å²) in [6, 6.07) is 9.67. The number of rotatable bonds is 4. The van der Waals surface area contributed by atoms with Gasteiger partial charge in [-0.2, -0.15) is 4.98 Å². The summed E-state index contributed by atoms with van der Waals surface area (Å²) in [4.78, 5) is 17.8. The van der Waals surface area contributed by atoms with Crippen LogP contribution in [0.15, 0.2) is 34.9 Å². The number of amides is 1. The standard InChI is InChI=1S/C15H17N3O3/c1-10(2)14-16-13(21-17-14)8-18-12(9-20-15(18)19)11-6-4-3-5-7-11/h3-7,10,12H,8-9H2,1-2H3/t12-/m1/s1. The third-order valence-corrected chi connectivity index (χ3v) is 3.47. The number of hydrogen-bond acceptors (Lipinski definition) is 5. The van der Waals surface area contributed by atoms with Crippen molar-refractivity contribution in [3.05, 3.63) is 47.6 Å². The number of benzene rings is 1. The Morgan fingerprint density at radius 3 is 2.76 bits per heavy atom. The van der Waals surface area contributed by atoms with E-state index < -0.39 is 0 Å². The molecule has 0 aliphatic carbocycles. The van der Waals surface area contributed by atoms with Crippen molar-refractivity contribution in [1.29, 1.82) is 0 Å². The molecule has 110 valence electrons. The Kier molecular flexibility index (Phi) is 3.60. The average Bonchev–Trinajstić information content (AvgIpc) is 3.09. The molecule has 1 aromatic heterocycles. The molecule has 0 radical (unpaired) electrons. The highest BCUT2D eigenvalue weighted by Gasteiger charge is 2.35. The largest absolute Gasteiger partial charge is 0.447 e. The third-order valence-electron chi connectivity index (χ3n) is 3.47. The summed E-state index contributed by atoms with van der Waals surface area (Å²) in [5.41, 5.74) is 1.03. The minimum Gasteiger partial charge on any atom is -0.447 e. The molecule has 2 heterocycles. The summed E-state index contributed by atoms with van der Waals surface area (Å²) >= 11 is 0. The van der Waals surface area contributed by atoms with Gasteiger partial charge in [-0.05, 0) is 5.56 Å². The van der Waals surface area contributed by atoms with Crippen molar-refractivity contribution < 1.29 is 14.1 Å². The van der Waals surface area contributed by atoms with E-state index in [-0.39, 0.29) is 24.6 Å². The number of hydrogen-bond donors (Lipinski definition) is 0. The summed E-state index contributed by atoms with van der Waals surface area (Å²) in [7, 11) is 0. The van der Waals surface area contributed by atoms with Crippen LogP contribution in [-0.4, -0.2) is 27.7 Å². The summed E-state index contributed by atoms with van der Waals surface area (Å²) in [5.74, 6) is 1.27. The Labute approximate surface area is 122 Å². The monoisotopic (exact) mass is 287 g/mol. The van der Waals surface area contributed by atoms with Crippen LogP contribution in [0.25, 0.3) is 0 Å². The number of aromatic nitrogens is 2. The van der Waals surface area contributed by atoms with Gasteiger partial charge in [0.15, 0.2) is 5.82 Å². The van der Waals surface area contributed by atoms with Crippen LogP contribution in [0.5, 0.6) is 0 Å². The van der Waals surface area contributed by atoms with Crippen LogP contribution in [0, 0.1) is 0 Å². The molecule has 6 nitrogen and oxygen atoms in total. The van der Waals surface area contributed by atoms with Crippen LogP contribution in [0.3, 0.4) is 0 Å². The molecule has 1 atom stereocenters. The Bertz CT molecular complexity index is 624. The minimum atomic E-state index is -0.354. The number of carbonyl (C=O) groups excluding carboxylic acids is 1. The first kappa shape index (κ1) is 13.6. The Morgan fingerprint density at radius 2 is 2.10 bits per heavy atom. The zero-order valence-corrected chi connectivity index (χ0v) is 12.0. The second kappa shape index (κ2) is 5.55. The van der Waals surface area contributed by atoms with Crippen molar-refractivity contribution in [3.8, 4) is 0 Å². The van der Waals surface area contributed by atoms with Gasteiger partial charge in [-0.1, -0.05) is 49.3 Å². The van der Waals surface area contributed by atoms with E-state index in [9.17, 15) is 4.79 Å². The second-order valence-electron chi connectivity index (χ2n) is 5.33. The molecule has 21 heavy (non-hydrogen) atoms. The third kappa shape index (κ3) is 2.74. The van der Waals surface area contributed by atoms with E-state index in [0.29, 0.717) is 18.3 Å². The summed E-state index contributed by atoms with van der Waals surface area (Å²) < 4.78 is 10.4. The van der Waals surface area contributed by atoms with Crippen molar-refractivity contribution in [1.82, 2.24) is 15.0 Å². The summed E-state index contributed by atoms with van der Waals surface area (Å²) in [5, 5.41) is 3.92. The van der Waals surface area contributed by atoms with E-state index in [0.717, 1.165) is 5.56 Å². The number of carbonyl (C=O) groups is 1. The fourth-order valence-corrected chi connectivity index (χ4v) is 2.29. The molecule has 0 saturated carbocycles. The maximum absolute atomic E-state index is 11.9. The molecule has 6 heteroatoms. The number of cyclic esters (lactones) is 1. The van der Waals surface area contributed by atoms with E-state index in [2.05, 4.69) is 10.1 Å². The van der Waals surface area contributed by atoms with Gasteiger partial charge in [0, 0.05) is 5.92 Å². The molecule has 1 fully saturated rings. The molecule has 1 aliphatic heterocycles. The minimum absolute atomic E-state index is 0.118. The quantitative estimate of drug-likeness (QED) is 0.864. The molecule has 1 saturated heterocycles. The highest BCUT2D eigenvalue weighted by atomic mass is 16.6. The SMILES string of the molecule is CC(C)c1noc(CN2C(=O)OC[C@@H]2c2ccccc2)n1. The molecule has 1 aromatic carbocycles. The zero-order chi connectivity index (χ0) is 14.8. The van der Waals surface area contributed by atoms with Gasteiger partial charge in [0.2, 0.25) is 5.89 Å². The average molecular weight is 287 g/mol. The van der Waals surface area contributed by atoms with Crippen molar-refractivity contribution in [2.75, 3.05) is 6.61 Å². The van der Waals surface area contributed by atoms with Gasteiger partial charge >= 0.3 is 6.09 Å². The zero-order valence-electron chi connectivity index (χ0n) is 12.0. The van der Waals surface area contributed by atoms with Crippen molar-refractivity contribution in [3.63, 3.8) is 0 Å². The van der Waals surface area contributed by atoms with Crippen LogP contribution in [0.4, 0.5) is 4.79 Å². The Morgan fingerprint density at radius 1 is 1.33 bits per heavy atom. The maximum atomic E-state index is 11.9. The first-order valence-electron chi connectivity index (χ1n) is 6.96. The Hall–Kier alpha value is -2.37. The van der Waals surface area contributed by atoms with Gasteiger partial charge in [-0.15, -0.1) is 0 Å². The molecular weight excluding hydrogens is 270 g/mol. The van der Waals surface area contributed by atoms with Crippen molar-refractivity contribution in [2.45, 2.75) is 32.4 Å². The lowest BCUT2D eigenvalue weighted by Crippen LogP contribution is -2.27. The molecule has 1 aliphatic rings. The molecule has 0 spiro atoms. The molecule has 0 unspecified atom stereocenters. The van der Waals surface area contributed by atoms with Crippen molar-refractivity contribution in [2.24, 2.45) is 0 Å². The molecule has 3 rings (SSSR count). The highest BCUT2D eigenvalue weighted by molar-refractivity contribution is 5.70. The van der Waals surface area contributed by atoms with Crippen LogP contribution in [-0.2, 0) is 11.3 Å². The lowest BCUT2D eigenvalue weighted by atomic mass is 10.1. The first-order chi connectivity index (χ1) is 10.1. The van der Waals surface area contributed by atoms with E-state index in [1.807, 2.05) is 44.2 Å². The summed E-state index contributed by atoms with van der Waals surface area (Å²) in [6.07, 6.45) is -0.354. The van der Waals surface area contributed by atoms with Crippen LogP contribution in [0.2, 0.25) is 0 Å². The van der Waals surface area contributed by atoms with Gasteiger partial charge in [-0.3, -0.25) is 4.90 Å². The number of ether oxygens (including phenoxy) is 1. The van der Waals surface area contributed by atoms with Gasteiger partial charge < -0.3 is 9.26 Å². The van der Waals surface area contributed by atoms with Crippen LogP contribution >= 0.6 is 0 Å². The number of nitrogens with zero attached hydrogens (tertiary/aromatic N) is 3. The molecule has 0 bridgehead atoms. The molecule has 2 aromatic rings. The Balaban J connectivity index is 1.79. The predicted octanol–water partition coefficient (Wildman–Crippen LogP) is 2.89. The van der Waals surface area contributed by atoms with Gasteiger partial charge in [0.25, 0.3) is 0 Å². The fourth-order valence-electron chi connectivity index (χ4n) is 2.29. The van der Waals surface area contributed by atoms with E-state index in [1.54, 1.807) is 4.90 Å². The first-order valence-corrected chi connectivity index (χ1v) is 6.96. The predicted molar refractivity (Wildman–Crippen MR) is 74.5 cm³/mol. The molecule has 0 N–H and O–H groups in total. The lowest BCUT2D eigenvalue weighted by molar-refractivity contribution is 0.152. The van der Waals surface area contributed by atoms with Gasteiger partial charge in [0.1, 0.15) is 13.2 Å². The lowest BCUT2D eigenvalue weighted by Gasteiger charge is -2.19. The smallest absolute Gasteiger partial charge is 0.410 e. The molecule has 1 amide bonds. The second-order valence-corrected chi connectivity index (χ2v) is 5.33. The van der Waals surface area contributed by atoms with Gasteiger partial charge in [0.05, 0.1) is 6.04 Å². The van der Waals surface area contributed by atoms with E-state index in [1.165, 1.54) is 0 Å². The topological polar surface area (TPSA) is 68.5 Å². The fraction of sp³-hybridized carbons (Fsp3) is 0.400. The van der Waals surface area contributed by atoms with Crippen LogP contribution in [0.1, 0.15) is 43.1 Å². The van der Waals surface area contributed by atoms with Crippen molar-refractivity contribution >= 4 is 6.09 Å². The van der Waals surface area contributed by atoms with Gasteiger partial charge in [-0.25, -0.2) is 4.79 Å². The van der Waals surface area contributed by atoms with E-state index >= 15 is 0 Å². The van der Waals surface area contributed by atoms with E-state index in [4.69, 9.17) is 9.26 Å². The maximum Gasteiger partial charge on any atom is 0.410 e. The normalized spacial score (nSPS) is 18.3. The van der Waals surface area contributed by atoms with Crippen LogP contribution < -0.4 is 0 Å². The highest BCUT2D eigenvalue weighted by Crippen LogP contribution is 2.29. The molecular formula is C15H17N3O3.